The van der Waals surface area contributed by atoms with Crippen LogP contribution in [0.5, 0.6) is 5.75 Å². The highest BCUT2D eigenvalue weighted by molar-refractivity contribution is 5.75. The molecule has 0 radical (unpaired) electrons. The summed E-state index contributed by atoms with van der Waals surface area (Å²) in [6.07, 6.45) is 0.758. The molecule has 0 spiro atoms. The monoisotopic (exact) mass is 292 g/mol. The molecule has 1 aliphatic heterocycles. The second kappa shape index (κ2) is 6.03. The highest BCUT2D eigenvalue weighted by atomic mass is 16.5. The van der Waals surface area contributed by atoms with Gasteiger partial charge < -0.3 is 19.3 Å². The zero-order chi connectivity index (χ0) is 14.8. The van der Waals surface area contributed by atoms with E-state index in [4.69, 9.17) is 14.2 Å². The fraction of sp³-hybridized carbons (Fsp3) is 0.562. The van der Waals surface area contributed by atoms with E-state index in [2.05, 4.69) is 0 Å². The van der Waals surface area contributed by atoms with Crippen molar-refractivity contribution in [2.24, 2.45) is 11.8 Å². The molecular weight excluding hydrogens is 272 g/mol. The molecule has 3 atom stereocenters. The van der Waals surface area contributed by atoms with Crippen LogP contribution in [-0.4, -0.2) is 37.5 Å². The van der Waals surface area contributed by atoms with E-state index in [9.17, 15) is 9.90 Å². The molecule has 2 aliphatic rings. The van der Waals surface area contributed by atoms with Crippen LogP contribution in [0.15, 0.2) is 24.3 Å². The molecule has 0 aromatic heterocycles. The first-order chi connectivity index (χ1) is 10.2. The Hall–Kier alpha value is -1.59. The van der Waals surface area contributed by atoms with Crippen molar-refractivity contribution in [3.63, 3.8) is 0 Å². The minimum atomic E-state index is -0.981. The van der Waals surface area contributed by atoms with Crippen molar-refractivity contribution >= 4 is 5.97 Å². The van der Waals surface area contributed by atoms with Gasteiger partial charge in [0.2, 0.25) is 0 Å². The first-order valence-corrected chi connectivity index (χ1v) is 7.28. The molecule has 114 valence electrons. The van der Waals surface area contributed by atoms with E-state index in [1.807, 2.05) is 6.07 Å². The quantitative estimate of drug-likeness (QED) is 0.902. The molecule has 0 bridgehead atoms. The maximum atomic E-state index is 11.6. The minimum Gasteiger partial charge on any atom is -0.496 e. The van der Waals surface area contributed by atoms with Gasteiger partial charge in [0.15, 0.2) is 6.10 Å². The van der Waals surface area contributed by atoms with Crippen molar-refractivity contribution in [2.75, 3.05) is 20.3 Å². The lowest BCUT2D eigenvalue weighted by atomic mass is 10.0. The van der Waals surface area contributed by atoms with Gasteiger partial charge in [0.25, 0.3) is 0 Å². The summed E-state index contributed by atoms with van der Waals surface area (Å²) in [5.74, 6) is 0.600. The molecule has 0 amide bonds. The standard InChI is InChI=1S/C16H20O5/c1-19-14-5-3-2-4-13(14)15(16(17)18)21-12-6-10-8-20-9-11(10)7-12/h2-5,10-12,15H,6-9H2,1H3,(H,17,18)/t10-,11-,15?/m0/s1. The number of para-hydroxylation sites is 1. The zero-order valence-electron chi connectivity index (χ0n) is 12.0. The number of hydrogen-bond donors (Lipinski definition) is 1. The number of ether oxygens (including phenoxy) is 3. The fourth-order valence-electron chi connectivity index (χ4n) is 3.39. The molecule has 21 heavy (non-hydrogen) atoms. The second-order valence-electron chi connectivity index (χ2n) is 5.75. The molecule has 5 nitrogen and oxygen atoms in total. The molecular formula is C16H20O5. The van der Waals surface area contributed by atoms with Crippen molar-refractivity contribution in [3.05, 3.63) is 29.8 Å². The SMILES string of the molecule is COc1ccccc1C(OC1C[C@H]2COC[C@@H]2C1)C(=O)O. The van der Waals surface area contributed by atoms with Gasteiger partial charge in [-0.1, -0.05) is 18.2 Å². The van der Waals surface area contributed by atoms with E-state index in [-0.39, 0.29) is 6.10 Å². The number of benzene rings is 1. The van der Waals surface area contributed by atoms with Gasteiger partial charge in [0, 0.05) is 18.8 Å². The Bertz CT molecular complexity index is 503. The molecule has 1 unspecified atom stereocenters. The third-order valence-electron chi connectivity index (χ3n) is 4.44. The van der Waals surface area contributed by atoms with Gasteiger partial charge in [-0.25, -0.2) is 4.79 Å². The van der Waals surface area contributed by atoms with Gasteiger partial charge in [-0.3, -0.25) is 0 Å². The highest BCUT2D eigenvalue weighted by Gasteiger charge is 2.40. The summed E-state index contributed by atoms with van der Waals surface area (Å²) in [4.78, 5) is 11.6. The molecule has 2 fully saturated rings. The Morgan fingerprint density at radius 1 is 1.29 bits per heavy atom. The van der Waals surface area contributed by atoms with Crippen molar-refractivity contribution in [1.82, 2.24) is 0 Å². The average molecular weight is 292 g/mol. The predicted octanol–water partition coefficient (Wildman–Crippen LogP) is 2.26. The van der Waals surface area contributed by atoms with E-state index < -0.39 is 12.1 Å². The summed E-state index contributed by atoms with van der Waals surface area (Å²) in [6, 6.07) is 7.12. The first-order valence-electron chi connectivity index (χ1n) is 7.28. The lowest BCUT2D eigenvalue weighted by Gasteiger charge is -2.21. The largest absolute Gasteiger partial charge is 0.496 e. The van der Waals surface area contributed by atoms with E-state index in [0.717, 1.165) is 26.1 Å². The van der Waals surface area contributed by atoms with Gasteiger partial charge >= 0.3 is 5.97 Å². The third kappa shape index (κ3) is 2.89. The number of carbonyl (C=O) groups is 1. The summed E-state index contributed by atoms with van der Waals surface area (Å²) in [5.41, 5.74) is 0.570. The summed E-state index contributed by atoms with van der Waals surface area (Å²) in [5, 5.41) is 9.50. The van der Waals surface area contributed by atoms with Crippen LogP contribution in [-0.2, 0) is 14.3 Å². The van der Waals surface area contributed by atoms with Crippen LogP contribution in [0.3, 0.4) is 0 Å². The molecule has 1 aromatic carbocycles. The average Bonchev–Trinajstić information content (AvgIpc) is 3.05. The number of hydrogen-bond acceptors (Lipinski definition) is 4. The van der Waals surface area contributed by atoms with Gasteiger partial charge in [0.1, 0.15) is 5.75 Å². The molecule has 1 aliphatic carbocycles. The summed E-state index contributed by atoms with van der Waals surface area (Å²) in [6.45, 7) is 1.55. The molecule has 3 rings (SSSR count). The molecule has 1 heterocycles. The summed E-state index contributed by atoms with van der Waals surface area (Å²) in [7, 11) is 1.54. The number of fused-ring (bicyclic) bond motifs is 1. The smallest absolute Gasteiger partial charge is 0.337 e. The van der Waals surface area contributed by atoms with E-state index >= 15 is 0 Å². The minimum absolute atomic E-state index is 0.0186. The molecule has 1 N–H and O–H groups in total. The van der Waals surface area contributed by atoms with Crippen molar-refractivity contribution in [3.8, 4) is 5.75 Å². The van der Waals surface area contributed by atoms with Crippen LogP contribution in [0.25, 0.3) is 0 Å². The Morgan fingerprint density at radius 2 is 1.95 bits per heavy atom. The Balaban J connectivity index is 1.75. The van der Waals surface area contributed by atoms with Crippen molar-refractivity contribution < 1.29 is 24.1 Å². The molecule has 1 saturated heterocycles. The highest BCUT2D eigenvalue weighted by Crippen LogP contribution is 2.40. The van der Waals surface area contributed by atoms with E-state index in [0.29, 0.717) is 23.1 Å². The maximum absolute atomic E-state index is 11.6. The van der Waals surface area contributed by atoms with Crippen molar-refractivity contribution in [2.45, 2.75) is 25.0 Å². The second-order valence-corrected chi connectivity index (χ2v) is 5.75. The first kappa shape index (κ1) is 14.4. The van der Waals surface area contributed by atoms with Crippen LogP contribution in [0, 0.1) is 11.8 Å². The maximum Gasteiger partial charge on any atom is 0.337 e. The Labute approximate surface area is 123 Å². The van der Waals surface area contributed by atoms with Gasteiger partial charge in [-0.15, -0.1) is 0 Å². The third-order valence-corrected chi connectivity index (χ3v) is 4.44. The lowest BCUT2D eigenvalue weighted by Crippen LogP contribution is -2.22. The van der Waals surface area contributed by atoms with E-state index in [1.54, 1.807) is 18.2 Å². The molecule has 1 saturated carbocycles. The van der Waals surface area contributed by atoms with Crippen LogP contribution in [0.2, 0.25) is 0 Å². The summed E-state index contributed by atoms with van der Waals surface area (Å²) >= 11 is 0. The zero-order valence-corrected chi connectivity index (χ0v) is 12.0. The van der Waals surface area contributed by atoms with Crippen molar-refractivity contribution in [1.29, 1.82) is 0 Å². The number of carboxylic acid groups (broad SMARTS) is 1. The van der Waals surface area contributed by atoms with Crippen LogP contribution in [0.4, 0.5) is 0 Å². The fourth-order valence-corrected chi connectivity index (χ4v) is 3.39. The predicted molar refractivity (Wildman–Crippen MR) is 75.3 cm³/mol. The van der Waals surface area contributed by atoms with Gasteiger partial charge in [-0.2, -0.15) is 0 Å². The normalized spacial score (nSPS) is 26.5. The lowest BCUT2D eigenvalue weighted by molar-refractivity contribution is -0.155. The Kier molecular flexibility index (Phi) is 4.12. The Morgan fingerprint density at radius 3 is 2.57 bits per heavy atom. The van der Waals surface area contributed by atoms with E-state index in [1.165, 1.54) is 7.11 Å². The van der Waals surface area contributed by atoms with Gasteiger partial charge in [-0.05, 0) is 30.7 Å². The number of carboxylic acids is 1. The molecule has 1 aromatic rings. The molecule has 5 heteroatoms. The van der Waals surface area contributed by atoms with Gasteiger partial charge in [0.05, 0.1) is 13.2 Å². The number of aliphatic carboxylic acids is 1. The number of rotatable bonds is 5. The number of methoxy groups -OCH3 is 1. The van der Waals surface area contributed by atoms with Crippen LogP contribution >= 0.6 is 0 Å². The topological polar surface area (TPSA) is 65.0 Å². The van der Waals surface area contributed by atoms with Crippen LogP contribution in [0.1, 0.15) is 24.5 Å². The van der Waals surface area contributed by atoms with Crippen LogP contribution < -0.4 is 4.74 Å². The summed E-state index contributed by atoms with van der Waals surface area (Å²) < 4.78 is 16.6.